The Morgan fingerprint density at radius 1 is 1.05 bits per heavy atom. The minimum Gasteiger partial charge on any atom is -0.405 e. The van der Waals surface area contributed by atoms with Gasteiger partial charge in [0.25, 0.3) is 0 Å². The van der Waals surface area contributed by atoms with E-state index in [-0.39, 0.29) is 12.3 Å². The van der Waals surface area contributed by atoms with Crippen molar-refractivity contribution in [2.75, 3.05) is 5.32 Å². The van der Waals surface area contributed by atoms with E-state index in [1.807, 2.05) is 0 Å². The van der Waals surface area contributed by atoms with Crippen molar-refractivity contribution in [2.24, 2.45) is 0 Å². The fourth-order valence-electron chi connectivity index (χ4n) is 1.70. The first kappa shape index (κ1) is 15.8. The second kappa shape index (κ2) is 6.45. The topological polar surface area (TPSA) is 21.3 Å². The first-order chi connectivity index (χ1) is 9.85. The first-order valence-electron chi connectivity index (χ1n) is 5.88. The molecule has 2 nitrogen and oxygen atoms in total. The van der Waals surface area contributed by atoms with Gasteiger partial charge in [-0.1, -0.05) is 41.4 Å². The number of ether oxygens (including phenoxy) is 1. The van der Waals surface area contributed by atoms with Gasteiger partial charge in [-0.2, -0.15) is 0 Å². The van der Waals surface area contributed by atoms with Crippen molar-refractivity contribution in [3.63, 3.8) is 0 Å². The van der Waals surface area contributed by atoms with Gasteiger partial charge in [-0.25, -0.2) is 0 Å². The van der Waals surface area contributed by atoms with E-state index < -0.39 is 6.36 Å². The smallest absolute Gasteiger partial charge is 0.405 e. The fraction of sp³-hybridized carbons (Fsp3) is 0.143. The van der Waals surface area contributed by atoms with Crippen LogP contribution in [0, 0.1) is 0 Å². The molecule has 0 heterocycles. The van der Waals surface area contributed by atoms with Crippen LogP contribution in [-0.2, 0) is 6.54 Å². The van der Waals surface area contributed by atoms with Gasteiger partial charge in [-0.15, -0.1) is 13.2 Å². The Kier molecular flexibility index (Phi) is 4.85. The Morgan fingerprint density at radius 2 is 1.76 bits per heavy atom. The predicted octanol–water partition coefficient (Wildman–Crippen LogP) is 5.50. The van der Waals surface area contributed by atoms with Crippen LogP contribution in [0.2, 0.25) is 10.0 Å². The van der Waals surface area contributed by atoms with Crippen molar-refractivity contribution in [3.8, 4) is 5.75 Å². The van der Waals surface area contributed by atoms with Crippen molar-refractivity contribution in [1.29, 1.82) is 0 Å². The van der Waals surface area contributed by atoms with E-state index in [9.17, 15) is 13.2 Å². The lowest BCUT2D eigenvalue weighted by molar-refractivity contribution is -0.274. The lowest BCUT2D eigenvalue weighted by atomic mass is 10.2. The molecule has 2 rings (SSSR count). The van der Waals surface area contributed by atoms with Crippen molar-refractivity contribution in [2.45, 2.75) is 12.9 Å². The molecule has 0 aromatic heterocycles. The third-order valence-corrected chi connectivity index (χ3v) is 3.16. The molecule has 0 unspecified atom stereocenters. The van der Waals surface area contributed by atoms with Gasteiger partial charge < -0.3 is 10.1 Å². The standard InChI is InChI=1S/C14H10Cl2F3NO/c15-10-5-6-11(16)12(7-10)20-8-9-3-1-2-4-13(9)21-14(17,18)19/h1-7,20H,8H2. The summed E-state index contributed by atoms with van der Waals surface area (Å²) >= 11 is 11.8. The number of hydrogen-bond donors (Lipinski definition) is 1. The molecule has 0 saturated heterocycles. The summed E-state index contributed by atoms with van der Waals surface area (Å²) < 4.78 is 40.9. The molecule has 0 aliphatic heterocycles. The predicted molar refractivity (Wildman–Crippen MR) is 76.9 cm³/mol. The van der Waals surface area contributed by atoms with Crippen LogP contribution in [0.25, 0.3) is 0 Å². The average Bonchev–Trinajstić information content (AvgIpc) is 2.39. The number of rotatable bonds is 4. The number of anilines is 1. The lowest BCUT2D eigenvalue weighted by Gasteiger charge is -2.14. The van der Waals surface area contributed by atoms with E-state index in [4.69, 9.17) is 23.2 Å². The maximum atomic E-state index is 12.3. The third kappa shape index (κ3) is 4.72. The van der Waals surface area contributed by atoms with Gasteiger partial charge in [-0.3, -0.25) is 0 Å². The quantitative estimate of drug-likeness (QED) is 0.796. The summed E-state index contributed by atoms with van der Waals surface area (Å²) in [6.45, 7) is 0.117. The van der Waals surface area contributed by atoms with Gasteiger partial charge in [0.15, 0.2) is 0 Å². The Hall–Kier alpha value is -1.59. The van der Waals surface area contributed by atoms with Crippen molar-refractivity contribution >= 4 is 28.9 Å². The van der Waals surface area contributed by atoms with Crippen LogP contribution < -0.4 is 10.1 Å². The molecular formula is C14H10Cl2F3NO. The normalized spacial score (nSPS) is 11.3. The molecule has 2 aromatic carbocycles. The zero-order valence-corrected chi connectivity index (χ0v) is 12.1. The van der Waals surface area contributed by atoms with E-state index in [1.165, 1.54) is 18.2 Å². The van der Waals surface area contributed by atoms with Gasteiger partial charge in [0.05, 0.1) is 10.7 Å². The second-order valence-corrected chi connectivity index (χ2v) is 4.98. The van der Waals surface area contributed by atoms with Crippen LogP contribution in [0.4, 0.5) is 18.9 Å². The Bertz CT molecular complexity index is 632. The lowest BCUT2D eigenvalue weighted by Crippen LogP contribution is -2.18. The summed E-state index contributed by atoms with van der Waals surface area (Å²) in [6.07, 6.45) is -4.73. The molecule has 0 bridgehead atoms. The molecule has 0 fully saturated rings. The zero-order chi connectivity index (χ0) is 15.5. The van der Waals surface area contributed by atoms with Gasteiger partial charge in [-0.05, 0) is 24.3 Å². The number of para-hydroxylation sites is 1. The molecule has 1 N–H and O–H groups in total. The molecule has 21 heavy (non-hydrogen) atoms. The van der Waals surface area contributed by atoms with E-state index in [0.29, 0.717) is 21.3 Å². The molecule has 112 valence electrons. The monoisotopic (exact) mass is 335 g/mol. The molecule has 0 spiro atoms. The minimum absolute atomic E-state index is 0.117. The van der Waals surface area contributed by atoms with Crippen molar-refractivity contribution in [1.82, 2.24) is 0 Å². The average molecular weight is 336 g/mol. The van der Waals surface area contributed by atoms with E-state index in [2.05, 4.69) is 10.1 Å². The van der Waals surface area contributed by atoms with Crippen molar-refractivity contribution in [3.05, 3.63) is 58.1 Å². The summed E-state index contributed by atoms with van der Waals surface area (Å²) in [4.78, 5) is 0. The fourth-order valence-corrected chi connectivity index (χ4v) is 2.05. The summed E-state index contributed by atoms with van der Waals surface area (Å²) in [5.41, 5.74) is 0.886. The number of alkyl halides is 3. The Morgan fingerprint density at radius 3 is 2.48 bits per heavy atom. The van der Waals surface area contributed by atoms with Crippen LogP contribution in [0.15, 0.2) is 42.5 Å². The maximum absolute atomic E-state index is 12.3. The van der Waals surface area contributed by atoms with Crippen LogP contribution in [0.5, 0.6) is 5.75 Å². The number of benzene rings is 2. The number of hydrogen-bond acceptors (Lipinski definition) is 2. The molecule has 0 aliphatic carbocycles. The van der Waals surface area contributed by atoms with E-state index >= 15 is 0 Å². The van der Waals surface area contributed by atoms with Gasteiger partial charge in [0, 0.05) is 17.1 Å². The van der Waals surface area contributed by atoms with Crippen LogP contribution in [0.1, 0.15) is 5.56 Å². The van der Waals surface area contributed by atoms with Crippen LogP contribution >= 0.6 is 23.2 Å². The highest BCUT2D eigenvalue weighted by molar-refractivity contribution is 6.35. The highest BCUT2D eigenvalue weighted by Gasteiger charge is 2.31. The Balaban J connectivity index is 2.15. The molecule has 7 heteroatoms. The van der Waals surface area contributed by atoms with Crippen LogP contribution in [-0.4, -0.2) is 6.36 Å². The minimum atomic E-state index is -4.73. The van der Waals surface area contributed by atoms with Crippen LogP contribution in [0.3, 0.4) is 0 Å². The SMILES string of the molecule is FC(F)(F)Oc1ccccc1CNc1cc(Cl)ccc1Cl. The van der Waals surface area contributed by atoms with Gasteiger partial charge in [0.1, 0.15) is 5.75 Å². The number of halogens is 5. The molecule has 0 atom stereocenters. The molecule has 0 amide bonds. The molecule has 0 radical (unpaired) electrons. The van der Waals surface area contributed by atoms with Crippen molar-refractivity contribution < 1.29 is 17.9 Å². The summed E-state index contributed by atoms with van der Waals surface area (Å²) in [6, 6.07) is 10.7. The third-order valence-electron chi connectivity index (χ3n) is 2.60. The molecular weight excluding hydrogens is 326 g/mol. The summed E-state index contributed by atoms with van der Waals surface area (Å²) in [7, 11) is 0. The second-order valence-electron chi connectivity index (χ2n) is 4.13. The highest BCUT2D eigenvalue weighted by Crippen LogP contribution is 2.29. The highest BCUT2D eigenvalue weighted by atomic mass is 35.5. The van der Waals surface area contributed by atoms with Gasteiger partial charge >= 0.3 is 6.36 Å². The molecule has 0 aliphatic rings. The summed E-state index contributed by atoms with van der Waals surface area (Å²) in [5, 5.41) is 3.83. The summed E-state index contributed by atoms with van der Waals surface area (Å²) in [5.74, 6) is -0.254. The van der Waals surface area contributed by atoms with E-state index in [0.717, 1.165) is 0 Å². The van der Waals surface area contributed by atoms with E-state index in [1.54, 1.807) is 24.3 Å². The molecule has 2 aromatic rings. The molecule has 0 saturated carbocycles. The number of nitrogens with one attached hydrogen (secondary N) is 1. The first-order valence-corrected chi connectivity index (χ1v) is 6.63. The largest absolute Gasteiger partial charge is 0.573 e. The zero-order valence-electron chi connectivity index (χ0n) is 10.5. The Labute approximate surface area is 129 Å². The maximum Gasteiger partial charge on any atom is 0.573 e. The van der Waals surface area contributed by atoms with Gasteiger partial charge in [0.2, 0.25) is 0 Å².